The normalized spacial score (nSPS) is 11.4. The van der Waals surface area contributed by atoms with Gasteiger partial charge in [-0.05, 0) is 34.7 Å². The number of aromatic hydroxyl groups is 1. The number of nitrogens with one attached hydrogen (secondary N) is 1. The van der Waals surface area contributed by atoms with Crippen molar-refractivity contribution in [3.8, 4) is 5.75 Å². The molecule has 2 N–H and O–H groups in total. The molecule has 0 atom stereocenters. The highest BCUT2D eigenvalue weighted by atomic mass is 127. The summed E-state index contributed by atoms with van der Waals surface area (Å²) in [5, 5.41) is 34.9. The van der Waals surface area contributed by atoms with Crippen molar-refractivity contribution >= 4 is 50.2 Å². The molecule has 2 aromatic carbocycles. The van der Waals surface area contributed by atoms with Crippen LogP contribution in [0.1, 0.15) is 5.56 Å². The number of halogens is 1. The van der Waals surface area contributed by atoms with E-state index in [1.807, 2.05) is 4.83 Å². The predicted molar refractivity (Wildman–Crippen MR) is 98.5 cm³/mol. The standard InChI is InChI=1S/C13H9IN4O7S/c14-9-4-8(13(19)12(5-9)18(22)23)7-15-16-26(24,25)11-3-1-2-10(6-11)17(20)21/h1-7,16,19H/b15-7+. The second-order valence-electron chi connectivity index (χ2n) is 4.73. The van der Waals surface area contributed by atoms with E-state index in [-0.39, 0.29) is 10.5 Å². The number of phenolic OH excluding ortho intramolecular Hbond substituents is 1. The van der Waals surface area contributed by atoms with Crippen LogP contribution < -0.4 is 4.83 Å². The van der Waals surface area contributed by atoms with E-state index in [0.717, 1.165) is 30.5 Å². The first-order valence-electron chi connectivity index (χ1n) is 6.58. The number of sulfonamides is 1. The predicted octanol–water partition coefficient (Wildman–Crippen LogP) is 2.13. The highest BCUT2D eigenvalue weighted by molar-refractivity contribution is 14.1. The Hall–Kier alpha value is -2.81. The van der Waals surface area contributed by atoms with Crippen LogP contribution in [0, 0.1) is 23.8 Å². The zero-order valence-corrected chi connectivity index (χ0v) is 15.5. The molecule has 0 saturated carbocycles. The summed E-state index contributed by atoms with van der Waals surface area (Å²) in [5.41, 5.74) is -1.05. The Kier molecular flexibility index (Phi) is 5.71. The van der Waals surface area contributed by atoms with Gasteiger partial charge in [0, 0.05) is 27.3 Å². The van der Waals surface area contributed by atoms with Crippen LogP contribution in [0.4, 0.5) is 11.4 Å². The third kappa shape index (κ3) is 4.42. The third-order valence-corrected chi connectivity index (χ3v) is 4.84. The highest BCUT2D eigenvalue weighted by Crippen LogP contribution is 2.30. The largest absolute Gasteiger partial charge is 0.502 e. The van der Waals surface area contributed by atoms with E-state index in [9.17, 15) is 33.8 Å². The van der Waals surface area contributed by atoms with Crippen molar-refractivity contribution in [2.45, 2.75) is 4.90 Å². The van der Waals surface area contributed by atoms with Crippen LogP contribution in [0.2, 0.25) is 0 Å². The van der Waals surface area contributed by atoms with E-state index in [0.29, 0.717) is 3.57 Å². The van der Waals surface area contributed by atoms with Gasteiger partial charge < -0.3 is 5.11 Å². The first-order chi connectivity index (χ1) is 12.1. The van der Waals surface area contributed by atoms with Crippen LogP contribution in [-0.2, 0) is 10.0 Å². The molecule has 26 heavy (non-hydrogen) atoms. The van der Waals surface area contributed by atoms with Gasteiger partial charge in [0.05, 0.1) is 21.0 Å². The van der Waals surface area contributed by atoms with E-state index in [1.54, 1.807) is 22.6 Å². The Balaban J connectivity index is 2.29. The van der Waals surface area contributed by atoms with Crippen molar-refractivity contribution in [3.63, 3.8) is 0 Å². The fourth-order valence-electron chi connectivity index (χ4n) is 1.83. The van der Waals surface area contributed by atoms with Crippen molar-refractivity contribution in [1.29, 1.82) is 0 Å². The molecule has 0 spiro atoms. The van der Waals surface area contributed by atoms with Gasteiger partial charge in [0.1, 0.15) is 0 Å². The number of non-ortho nitro benzene ring substituents is 1. The van der Waals surface area contributed by atoms with Gasteiger partial charge in [0.25, 0.3) is 15.7 Å². The summed E-state index contributed by atoms with van der Waals surface area (Å²) in [4.78, 5) is 21.5. The summed E-state index contributed by atoms with van der Waals surface area (Å²) >= 11 is 1.79. The van der Waals surface area contributed by atoms with Crippen LogP contribution in [0.5, 0.6) is 5.75 Å². The molecule has 0 radical (unpaired) electrons. The quantitative estimate of drug-likeness (QED) is 0.270. The zero-order valence-electron chi connectivity index (χ0n) is 12.6. The maximum atomic E-state index is 12.1. The third-order valence-electron chi connectivity index (χ3n) is 3.00. The molecule has 0 bridgehead atoms. The molecule has 2 rings (SSSR count). The maximum absolute atomic E-state index is 12.1. The van der Waals surface area contributed by atoms with Crippen molar-refractivity contribution < 1.29 is 23.4 Å². The molecule has 0 aliphatic heterocycles. The van der Waals surface area contributed by atoms with Crippen molar-refractivity contribution in [2.75, 3.05) is 0 Å². The van der Waals surface area contributed by atoms with Crippen LogP contribution in [0.25, 0.3) is 0 Å². The summed E-state index contributed by atoms with van der Waals surface area (Å²) in [7, 11) is -4.21. The van der Waals surface area contributed by atoms with E-state index in [4.69, 9.17) is 0 Å². The number of hydrogen-bond acceptors (Lipinski definition) is 8. The lowest BCUT2D eigenvalue weighted by Crippen LogP contribution is -2.18. The van der Waals surface area contributed by atoms with E-state index >= 15 is 0 Å². The van der Waals surface area contributed by atoms with Gasteiger partial charge in [0.2, 0.25) is 5.75 Å². The number of hydrogen-bond donors (Lipinski definition) is 2. The second kappa shape index (κ2) is 7.61. The van der Waals surface area contributed by atoms with Gasteiger partial charge in [-0.25, -0.2) is 4.83 Å². The Morgan fingerprint density at radius 3 is 2.46 bits per heavy atom. The Morgan fingerprint density at radius 1 is 1.15 bits per heavy atom. The molecule has 0 aromatic heterocycles. The van der Waals surface area contributed by atoms with E-state index < -0.39 is 37.0 Å². The molecular formula is C13H9IN4O7S. The van der Waals surface area contributed by atoms with Gasteiger partial charge in [-0.3, -0.25) is 20.2 Å². The first-order valence-corrected chi connectivity index (χ1v) is 9.14. The Bertz CT molecular complexity index is 1020. The van der Waals surface area contributed by atoms with Crippen LogP contribution in [-0.4, -0.2) is 29.6 Å². The number of nitro groups is 2. The summed E-state index contributed by atoms with van der Waals surface area (Å²) < 4.78 is 24.6. The molecule has 0 heterocycles. The SMILES string of the molecule is O=[N+]([O-])c1cccc(S(=O)(=O)N/N=C/c2cc(I)cc([N+](=O)[O-])c2O)c1. The van der Waals surface area contributed by atoms with Crippen LogP contribution in [0.15, 0.2) is 46.4 Å². The molecule has 2 aromatic rings. The van der Waals surface area contributed by atoms with Crippen molar-refractivity contribution in [2.24, 2.45) is 5.10 Å². The first kappa shape index (κ1) is 19.5. The minimum atomic E-state index is -4.21. The number of hydrazone groups is 1. The number of nitro benzene ring substituents is 2. The highest BCUT2D eigenvalue weighted by Gasteiger charge is 2.19. The van der Waals surface area contributed by atoms with E-state index in [1.165, 1.54) is 12.1 Å². The Morgan fingerprint density at radius 2 is 1.85 bits per heavy atom. The molecule has 13 heteroatoms. The van der Waals surface area contributed by atoms with Gasteiger partial charge in [-0.15, -0.1) is 0 Å². The summed E-state index contributed by atoms with van der Waals surface area (Å²) in [6, 6.07) is 6.81. The molecule has 0 aliphatic rings. The minimum Gasteiger partial charge on any atom is -0.502 e. The van der Waals surface area contributed by atoms with Gasteiger partial charge in [-0.1, -0.05) is 6.07 Å². The van der Waals surface area contributed by atoms with Crippen LogP contribution in [0.3, 0.4) is 0 Å². The fourth-order valence-corrected chi connectivity index (χ4v) is 3.29. The summed E-state index contributed by atoms with van der Waals surface area (Å²) in [6.45, 7) is 0. The topological polar surface area (TPSA) is 165 Å². The average molecular weight is 492 g/mol. The fraction of sp³-hybridized carbons (Fsp3) is 0. The zero-order chi connectivity index (χ0) is 19.5. The molecule has 0 aliphatic carbocycles. The molecule has 0 amide bonds. The van der Waals surface area contributed by atoms with Gasteiger partial charge in [0.15, 0.2) is 0 Å². The number of phenols is 1. The van der Waals surface area contributed by atoms with Gasteiger partial charge >= 0.3 is 5.69 Å². The van der Waals surface area contributed by atoms with Gasteiger partial charge in [-0.2, -0.15) is 13.5 Å². The maximum Gasteiger partial charge on any atom is 0.312 e. The smallest absolute Gasteiger partial charge is 0.312 e. The monoisotopic (exact) mass is 492 g/mol. The van der Waals surface area contributed by atoms with Crippen molar-refractivity contribution in [3.05, 3.63) is 65.8 Å². The van der Waals surface area contributed by atoms with Crippen molar-refractivity contribution in [1.82, 2.24) is 4.83 Å². The summed E-state index contributed by atoms with van der Waals surface area (Å²) in [5.74, 6) is -0.672. The lowest BCUT2D eigenvalue weighted by atomic mass is 10.2. The molecule has 136 valence electrons. The number of benzene rings is 2. The lowest BCUT2D eigenvalue weighted by molar-refractivity contribution is -0.386. The summed E-state index contributed by atoms with van der Waals surface area (Å²) in [6.07, 6.45) is 0.888. The molecule has 11 nitrogen and oxygen atoms in total. The molecule has 0 unspecified atom stereocenters. The minimum absolute atomic E-state index is 0.0784. The lowest BCUT2D eigenvalue weighted by Gasteiger charge is -2.04. The number of rotatable bonds is 6. The number of nitrogens with zero attached hydrogens (tertiary/aromatic N) is 3. The molecule has 0 saturated heterocycles. The molecule has 0 fully saturated rings. The Labute approximate surface area is 159 Å². The van der Waals surface area contributed by atoms with E-state index in [2.05, 4.69) is 5.10 Å². The second-order valence-corrected chi connectivity index (χ2v) is 7.63. The average Bonchev–Trinajstić information content (AvgIpc) is 2.57. The van der Waals surface area contributed by atoms with Crippen LogP contribution >= 0.6 is 22.6 Å². The molecular weight excluding hydrogens is 483 g/mol.